The summed E-state index contributed by atoms with van der Waals surface area (Å²) in [6.07, 6.45) is 2.93. The molecule has 24 heavy (non-hydrogen) atoms. The zero-order chi connectivity index (χ0) is 17.3. The van der Waals surface area contributed by atoms with Gasteiger partial charge in [0.25, 0.3) is 5.91 Å². The average Bonchev–Trinajstić information content (AvgIpc) is 2.89. The molecule has 2 amide bonds. The first-order valence-electron chi connectivity index (χ1n) is 8.17. The number of ether oxygens (including phenoxy) is 1. The van der Waals surface area contributed by atoms with E-state index in [1.165, 1.54) is 0 Å². The highest BCUT2D eigenvalue weighted by Crippen LogP contribution is 2.32. The van der Waals surface area contributed by atoms with Gasteiger partial charge in [0.15, 0.2) is 0 Å². The largest absolute Gasteiger partial charge is 0.497 e. The summed E-state index contributed by atoms with van der Waals surface area (Å²) in [6, 6.07) is 5.27. The van der Waals surface area contributed by atoms with Gasteiger partial charge in [-0.2, -0.15) is 0 Å². The summed E-state index contributed by atoms with van der Waals surface area (Å²) in [5.74, 6) is 0.761. The molecular formula is C18H22N2O4. The van der Waals surface area contributed by atoms with Crippen molar-refractivity contribution in [1.29, 1.82) is 0 Å². The van der Waals surface area contributed by atoms with Crippen molar-refractivity contribution < 1.29 is 18.7 Å². The molecule has 2 N–H and O–H groups in total. The number of hydrogen-bond donors (Lipinski definition) is 1. The van der Waals surface area contributed by atoms with Crippen LogP contribution in [0.25, 0.3) is 11.0 Å². The van der Waals surface area contributed by atoms with Crippen molar-refractivity contribution in [3.8, 4) is 5.75 Å². The summed E-state index contributed by atoms with van der Waals surface area (Å²) < 4.78 is 11.0. The Hall–Kier alpha value is -2.50. The summed E-state index contributed by atoms with van der Waals surface area (Å²) in [5, 5.41) is 0.736. The molecule has 1 aliphatic heterocycles. The van der Waals surface area contributed by atoms with E-state index in [1.807, 2.05) is 6.07 Å². The normalized spacial score (nSPS) is 17.9. The molecule has 0 radical (unpaired) electrons. The Labute approximate surface area is 140 Å². The lowest BCUT2D eigenvalue weighted by atomic mass is 9.97. The second-order valence-corrected chi connectivity index (χ2v) is 6.21. The molecule has 2 aromatic rings. The number of amides is 2. The molecule has 1 saturated heterocycles. The minimum Gasteiger partial charge on any atom is -0.497 e. The van der Waals surface area contributed by atoms with Gasteiger partial charge in [-0.05, 0) is 44.4 Å². The van der Waals surface area contributed by atoms with Crippen molar-refractivity contribution >= 4 is 22.8 Å². The van der Waals surface area contributed by atoms with Gasteiger partial charge in [-0.1, -0.05) is 0 Å². The van der Waals surface area contributed by atoms with Gasteiger partial charge < -0.3 is 19.8 Å². The summed E-state index contributed by atoms with van der Waals surface area (Å²) in [7, 11) is 1.59. The number of rotatable bonds is 4. The van der Waals surface area contributed by atoms with Crippen LogP contribution >= 0.6 is 0 Å². The number of carbonyl (C=O) groups is 2. The van der Waals surface area contributed by atoms with Crippen LogP contribution in [0.3, 0.4) is 0 Å². The van der Waals surface area contributed by atoms with Crippen molar-refractivity contribution in [2.24, 2.45) is 5.73 Å². The van der Waals surface area contributed by atoms with E-state index in [1.54, 1.807) is 31.1 Å². The minimum atomic E-state index is -0.379. The fourth-order valence-corrected chi connectivity index (χ4v) is 3.45. The first-order valence-corrected chi connectivity index (χ1v) is 8.17. The Balaban J connectivity index is 2.00. The number of nitrogens with zero attached hydrogens (tertiary/aromatic N) is 1. The van der Waals surface area contributed by atoms with Crippen LogP contribution in [0.1, 0.15) is 41.8 Å². The maximum Gasteiger partial charge on any atom is 0.258 e. The zero-order valence-corrected chi connectivity index (χ0v) is 14.0. The molecule has 0 unspecified atom stereocenters. The smallest absolute Gasteiger partial charge is 0.258 e. The van der Waals surface area contributed by atoms with Gasteiger partial charge in [-0.25, -0.2) is 0 Å². The molecule has 0 spiro atoms. The number of hydrogen-bond acceptors (Lipinski definition) is 4. The lowest BCUT2D eigenvalue weighted by Gasteiger charge is -2.35. The van der Waals surface area contributed by atoms with E-state index >= 15 is 0 Å². The van der Waals surface area contributed by atoms with E-state index < -0.39 is 0 Å². The van der Waals surface area contributed by atoms with Gasteiger partial charge in [0.05, 0.1) is 12.7 Å². The number of primary amides is 1. The minimum absolute atomic E-state index is 0.106. The molecule has 1 atom stereocenters. The molecule has 0 bridgehead atoms. The predicted octanol–water partition coefficient (Wildman–Crippen LogP) is 2.62. The molecule has 6 heteroatoms. The molecule has 0 saturated carbocycles. The molecule has 1 fully saturated rings. The first-order chi connectivity index (χ1) is 11.5. The summed E-state index contributed by atoms with van der Waals surface area (Å²) in [4.78, 5) is 26.3. The highest BCUT2D eigenvalue weighted by molar-refractivity contribution is 6.07. The Morgan fingerprint density at radius 3 is 2.88 bits per heavy atom. The Kier molecular flexibility index (Phi) is 4.46. The third-order valence-corrected chi connectivity index (χ3v) is 4.61. The van der Waals surface area contributed by atoms with Crippen molar-refractivity contribution in [2.75, 3.05) is 13.7 Å². The first kappa shape index (κ1) is 16.4. The summed E-state index contributed by atoms with van der Waals surface area (Å²) in [5.41, 5.74) is 6.55. The zero-order valence-electron chi connectivity index (χ0n) is 14.0. The predicted molar refractivity (Wildman–Crippen MR) is 90.0 cm³/mol. The van der Waals surface area contributed by atoms with Crippen molar-refractivity contribution in [3.63, 3.8) is 0 Å². The number of carbonyl (C=O) groups excluding carboxylic acids is 2. The van der Waals surface area contributed by atoms with Crippen LogP contribution in [0, 0.1) is 6.92 Å². The van der Waals surface area contributed by atoms with Crippen molar-refractivity contribution in [2.45, 2.75) is 38.6 Å². The van der Waals surface area contributed by atoms with Gasteiger partial charge in [-0.3, -0.25) is 9.59 Å². The maximum atomic E-state index is 13.2. The number of piperidine rings is 1. The standard InChI is InChI=1S/C18H22N2O4/c1-11-17(14-10-13(23-2)6-7-15(14)24-11)18(22)20-8-4-3-5-12(20)9-16(19)21/h6-7,10,12H,3-5,8-9H2,1-2H3,(H2,19,21)/t12-/m1/s1. The highest BCUT2D eigenvalue weighted by atomic mass is 16.5. The van der Waals surface area contributed by atoms with Gasteiger partial charge in [-0.15, -0.1) is 0 Å². The Bertz CT molecular complexity index is 781. The second kappa shape index (κ2) is 6.55. The van der Waals surface area contributed by atoms with E-state index in [0.717, 1.165) is 24.6 Å². The Morgan fingerprint density at radius 2 is 2.17 bits per heavy atom. The van der Waals surface area contributed by atoms with E-state index in [9.17, 15) is 9.59 Å². The molecule has 1 aromatic heterocycles. The number of aryl methyl sites for hydroxylation is 1. The third kappa shape index (κ3) is 2.96. The molecule has 2 heterocycles. The van der Waals surface area contributed by atoms with Crippen LogP contribution in [-0.4, -0.2) is 36.4 Å². The number of methoxy groups -OCH3 is 1. The van der Waals surface area contributed by atoms with Gasteiger partial charge in [0.1, 0.15) is 17.1 Å². The van der Waals surface area contributed by atoms with Crippen LogP contribution in [0.5, 0.6) is 5.75 Å². The number of furan rings is 1. The third-order valence-electron chi connectivity index (χ3n) is 4.61. The van der Waals surface area contributed by atoms with E-state index in [4.69, 9.17) is 14.9 Å². The number of likely N-dealkylation sites (tertiary alicyclic amines) is 1. The molecule has 1 aromatic carbocycles. The molecule has 128 valence electrons. The van der Waals surface area contributed by atoms with Gasteiger partial charge in [0, 0.05) is 24.4 Å². The van der Waals surface area contributed by atoms with Crippen molar-refractivity contribution in [3.05, 3.63) is 29.5 Å². The van der Waals surface area contributed by atoms with Crippen LogP contribution < -0.4 is 10.5 Å². The van der Waals surface area contributed by atoms with Crippen LogP contribution in [0.4, 0.5) is 0 Å². The second-order valence-electron chi connectivity index (χ2n) is 6.21. The lowest BCUT2D eigenvalue weighted by Crippen LogP contribution is -2.45. The number of benzene rings is 1. The fourth-order valence-electron chi connectivity index (χ4n) is 3.45. The van der Waals surface area contributed by atoms with Crippen LogP contribution in [0.15, 0.2) is 22.6 Å². The highest BCUT2D eigenvalue weighted by Gasteiger charge is 2.31. The quantitative estimate of drug-likeness (QED) is 0.933. The summed E-state index contributed by atoms with van der Waals surface area (Å²) in [6.45, 7) is 2.42. The molecule has 3 rings (SSSR count). The lowest BCUT2D eigenvalue weighted by molar-refractivity contribution is -0.119. The van der Waals surface area contributed by atoms with Crippen LogP contribution in [0.2, 0.25) is 0 Å². The fraction of sp³-hybridized carbons (Fsp3) is 0.444. The van der Waals surface area contributed by atoms with E-state index in [-0.39, 0.29) is 24.3 Å². The number of fused-ring (bicyclic) bond motifs is 1. The van der Waals surface area contributed by atoms with E-state index in [2.05, 4.69) is 0 Å². The monoisotopic (exact) mass is 330 g/mol. The summed E-state index contributed by atoms with van der Waals surface area (Å²) >= 11 is 0. The topological polar surface area (TPSA) is 85.8 Å². The molecule has 6 nitrogen and oxygen atoms in total. The number of nitrogens with two attached hydrogens (primary N) is 1. The van der Waals surface area contributed by atoms with Crippen molar-refractivity contribution in [1.82, 2.24) is 4.90 Å². The van der Waals surface area contributed by atoms with Crippen LogP contribution in [-0.2, 0) is 4.79 Å². The van der Waals surface area contributed by atoms with Gasteiger partial charge >= 0.3 is 0 Å². The molecular weight excluding hydrogens is 308 g/mol. The van der Waals surface area contributed by atoms with Gasteiger partial charge in [0.2, 0.25) is 5.91 Å². The average molecular weight is 330 g/mol. The SMILES string of the molecule is COc1ccc2oc(C)c(C(=O)N3CCCC[C@@H]3CC(N)=O)c2c1. The molecule has 0 aliphatic carbocycles. The van der Waals surface area contributed by atoms with E-state index in [0.29, 0.717) is 29.2 Å². The maximum absolute atomic E-state index is 13.2. The molecule has 1 aliphatic rings. The Morgan fingerprint density at radius 1 is 1.38 bits per heavy atom.